The van der Waals surface area contributed by atoms with Crippen molar-refractivity contribution in [3.05, 3.63) is 0 Å². The fourth-order valence-electron chi connectivity index (χ4n) is 2.09. The van der Waals surface area contributed by atoms with E-state index in [1.807, 2.05) is 0 Å². The molecule has 4 nitrogen and oxygen atoms in total. The van der Waals surface area contributed by atoms with Gasteiger partial charge in [0.25, 0.3) is 0 Å². The van der Waals surface area contributed by atoms with Crippen LogP contribution in [0.4, 0.5) is 0 Å². The van der Waals surface area contributed by atoms with E-state index in [2.05, 4.69) is 0 Å². The standard InChI is InChI=1S/C11H20O4S/c12-16(13)11(6-7-11)5-3-9-15-10-4-1-2-8-14-10/h10H,1-9H2,(H,12,13)/p-1. The van der Waals surface area contributed by atoms with Crippen molar-refractivity contribution in [3.63, 3.8) is 0 Å². The van der Waals surface area contributed by atoms with Gasteiger partial charge in [-0.1, -0.05) is 0 Å². The van der Waals surface area contributed by atoms with Crippen molar-refractivity contribution in [1.29, 1.82) is 0 Å². The topological polar surface area (TPSA) is 58.6 Å². The summed E-state index contributed by atoms with van der Waals surface area (Å²) in [7, 11) is 0. The molecular formula is C11H19O4S-. The minimum atomic E-state index is -1.91. The summed E-state index contributed by atoms with van der Waals surface area (Å²) in [6.45, 7) is 1.41. The van der Waals surface area contributed by atoms with Crippen LogP contribution in [0.1, 0.15) is 44.9 Å². The molecule has 0 amide bonds. The summed E-state index contributed by atoms with van der Waals surface area (Å²) in [5.41, 5.74) is 0. The van der Waals surface area contributed by atoms with Crippen LogP contribution in [-0.4, -0.2) is 33.0 Å². The lowest BCUT2D eigenvalue weighted by Crippen LogP contribution is -2.23. The SMILES string of the molecule is O=S([O-])C1(CCCOC2CCCCO2)CC1. The maximum Gasteiger partial charge on any atom is 0.157 e. The van der Waals surface area contributed by atoms with Crippen LogP contribution in [-0.2, 0) is 20.6 Å². The summed E-state index contributed by atoms with van der Waals surface area (Å²) in [6.07, 6.45) is 6.40. The summed E-state index contributed by atoms with van der Waals surface area (Å²) in [4.78, 5) is 0. The number of hydrogen-bond donors (Lipinski definition) is 0. The Morgan fingerprint density at radius 3 is 2.81 bits per heavy atom. The molecule has 1 saturated carbocycles. The summed E-state index contributed by atoms with van der Waals surface area (Å²) in [5.74, 6) is 0. The normalized spacial score (nSPS) is 29.9. The molecule has 2 fully saturated rings. The van der Waals surface area contributed by atoms with E-state index >= 15 is 0 Å². The van der Waals surface area contributed by atoms with Gasteiger partial charge in [0.15, 0.2) is 6.29 Å². The minimum Gasteiger partial charge on any atom is -0.772 e. The fraction of sp³-hybridized carbons (Fsp3) is 1.00. The Labute approximate surface area is 99.0 Å². The Hall–Kier alpha value is 0.0300. The van der Waals surface area contributed by atoms with Gasteiger partial charge in [0.1, 0.15) is 0 Å². The van der Waals surface area contributed by atoms with Gasteiger partial charge in [-0.15, -0.1) is 0 Å². The predicted molar refractivity (Wildman–Crippen MR) is 59.7 cm³/mol. The zero-order chi connectivity index (χ0) is 11.4. The van der Waals surface area contributed by atoms with Crippen LogP contribution in [0.15, 0.2) is 0 Å². The minimum absolute atomic E-state index is 0.0540. The van der Waals surface area contributed by atoms with Crippen molar-refractivity contribution < 1.29 is 18.2 Å². The quantitative estimate of drug-likeness (QED) is 0.529. The Morgan fingerprint density at radius 1 is 1.44 bits per heavy atom. The highest BCUT2D eigenvalue weighted by atomic mass is 32.2. The lowest BCUT2D eigenvalue weighted by molar-refractivity contribution is -0.162. The van der Waals surface area contributed by atoms with Crippen LogP contribution in [0.25, 0.3) is 0 Å². The largest absolute Gasteiger partial charge is 0.772 e. The average molecular weight is 247 g/mol. The van der Waals surface area contributed by atoms with Crippen LogP contribution < -0.4 is 0 Å². The molecule has 2 atom stereocenters. The van der Waals surface area contributed by atoms with Crippen molar-refractivity contribution in [2.75, 3.05) is 13.2 Å². The molecule has 0 spiro atoms. The van der Waals surface area contributed by atoms with E-state index in [9.17, 15) is 8.76 Å². The molecule has 1 saturated heterocycles. The Kier molecular flexibility index (Phi) is 4.35. The third-order valence-corrected chi connectivity index (χ3v) is 4.70. The molecular weight excluding hydrogens is 228 g/mol. The van der Waals surface area contributed by atoms with Crippen LogP contribution in [0.3, 0.4) is 0 Å². The highest BCUT2D eigenvalue weighted by Crippen LogP contribution is 2.44. The summed E-state index contributed by atoms with van der Waals surface area (Å²) in [5, 5.41) is 0. The molecule has 1 aliphatic heterocycles. The molecule has 16 heavy (non-hydrogen) atoms. The molecule has 0 aromatic carbocycles. The molecule has 2 rings (SSSR count). The Morgan fingerprint density at radius 2 is 2.25 bits per heavy atom. The molecule has 94 valence electrons. The molecule has 1 aliphatic carbocycles. The highest BCUT2D eigenvalue weighted by molar-refractivity contribution is 7.81. The van der Waals surface area contributed by atoms with E-state index in [1.165, 1.54) is 6.42 Å². The van der Waals surface area contributed by atoms with Gasteiger partial charge in [0, 0.05) is 18.0 Å². The number of ether oxygens (including phenoxy) is 2. The Bertz CT molecular complexity index is 246. The molecule has 0 radical (unpaired) electrons. The van der Waals surface area contributed by atoms with Gasteiger partial charge in [-0.2, -0.15) is 0 Å². The molecule has 0 aromatic rings. The zero-order valence-corrected chi connectivity index (χ0v) is 10.3. The molecule has 0 bridgehead atoms. The van der Waals surface area contributed by atoms with Gasteiger partial charge >= 0.3 is 0 Å². The van der Waals surface area contributed by atoms with Crippen molar-refractivity contribution in [2.24, 2.45) is 0 Å². The first-order valence-electron chi connectivity index (χ1n) is 6.06. The first kappa shape index (κ1) is 12.5. The van der Waals surface area contributed by atoms with E-state index in [1.54, 1.807) is 0 Å². The third kappa shape index (κ3) is 3.26. The highest BCUT2D eigenvalue weighted by Gasteiger charge is 2.43. The maximum atomic E-state index is 10.9. The van der Waals surface area contributed by atoms with Gasteiger partial charge in [-0.25, -0.2) is 0 Å². The van der Waals surface area contributed by atoms with E-state index < -0.39 is 15.8 Å². The van der Waals surface area contributed by atoms with Crippen molar-refractivity contribution >= 4 is 11.1 Å². The molecule has 2 unspecified atom stereocenters. The number of hydrogen-bond acceptors (Lipinski definition) is 4. The summed E-state index contributed by atoms with van der Waals surface area (Å²) < 4.78 is 32.4. The number of rotatable bonds is 6. The first-order valence-corrected chi connectivity index (χ1v) is 7.13. The van der Waals surface area contributed by atoms with E-state index in [-0.39, 0.29) is 6.29 Å². The van der Waals surface area contributed by atoms with Crippen molar-refractivity contribution in [3.8, 4) is 0 Å². The van der Waals surface area contributed by atoms with Crippen LogP contribution in [0, 0.1) is 0 Å². The molecule has 1 heterocycles. The van der Waals surface area contributed by atoms with Crippen molar-refractivity contribution in [2.45, 2.75) is 56.0 Å². The van der Waals surface area contributed by atoms with Crippen LogP contribution in [0.5, 0.6) is 0 Å². The van der Waals surface area contributed by atoms with E-state index in [0.717, 1.165) is 45.1 Å². The average Bonchev–Trinajstić information content (AvgIpc) is 3.07. The second-order valence-corrected chi connectivity index (χ2v) is 6.02. The summed E-state index contributed by atoms with van der Waals surface area (Å²) >= 11 is -1.91. The molecule has 0 N–H and O–H groups in total. The van der Waals surface area contributed by atoms with Crippen molar-refractivity contribution in [1.82, 2.24) is 0 Å². The van der Waals surface area contributed by atoms with Gasteiger partial charge in [-0.05, 0) is 56.0 Å². The first-order chi connectivity index (χ1) is 7.73. The Balaban J connectivity index is 1.56. The maximum absolute atomic E-state index is 10.9. The monoisotopic (exact) mass is 247 g/mol. The van der Waals surface area contributed by atoms with E-state index in [0.29, 0.717) is 6.61 Å². The molecule has 5 heteroatoms. The predicted octanol–water partition coefficient (Wildman–Crippen LogP) is 1.72. The fourth-order valence-corrected chi connectivity index (χ4v) is 2.84. The van der Waals surface area contributed by atoms with Gasteiger partial charge in [0.05, 0.1) is 0 Å². The molecule has 0 aromatic heterocycles. The van der Waals surface area contributed by atoms with Gasteiger partial charge < -0.3 is 14.0 Å². The van der Waals surface area contributed by atoms with Gasteiger partial charge in [-0.3, -0.25) is 4.21 Å². The second-order valence-electron chi connectivity index (χ2n) is 4.69. The second kappa shape index (κ2) is 5.58. The molecule has 2 aliphatic rings. The lowest BCUT2D eigenvalue weighted by atomic mass is 10.2. The summed E-state index contributed by atoms with van der Waals surface area (Å²) in [6, 6.07) is 0. The lowest BCUT2D eigenvalue weighted by Gasteiger charge is -2.23. The van der Waals surface area contributed by atoms with Gasteiger partial charge in [0.2, 0.25) is 0 Å². The smallest absolute Gasteiger partial charge is 0.157 e. The van der Waals surface area contributed by atoms with Crippen LogP contribution >= 0.6 is 0 Å². The van der Waals surface area contributed by atoms with Crippen LogP contribution in [0.2, 0.25) is 0 Å². The third-order valence-electron chi connectivity index (χ3n) is 3.38. The van der Waals surface area contributed by atoms with E-state index in [4.69, 9.17) is 9.47 Å². The zero-order valence-electron chi connectivity index (χ0n) is 9.48.